The number of hydrogen-bond acceptors (Lipinski definition) is 4. The fourth-order valence-corrected chi connectivity index (χ4v) is 2.83. The summed E-state index contributed by atoms with van der Waals surface area (Å²) in [5.74, 6) is 1.07. The van der Waals surface area contributed by atoms with E-state index in [1.807, 2.05) is 6.26 Å². The van der Waals surface area contributed by atoms with Crippen molar-refractivity contribution in [2.24, 2.45) is 0 Å². The van der Waals surface area contributed by atoms with Crippen LogP contribution < -0.4 is 5.32 Å². The lowest BCUT2D eigenvalue weighted by molar-refractivity contribution is -0.0610. The standard InChI is InChI=1S/C16H26N2O2/c1-3-15-11-19-12(2)8-18(15)9-16-6-13(10-20-16)7-17-14-4-5-14/h6,10,12,14-15,17H,3-5,7-9,11H2,1-2H3. The number of nitrogens with one attached hydrogen (secondary N) is 1. The molecule has 112 valence electrons. The zero-order valence-electron chi connectivity index (χ0n) is 12.6. The minimum atomic E-state index is 0.323. The summed E-state index contributed by atoms with van der Waals surface area (Å²) in [5, 5.41) is 3.52. The van der Waals surface area contributed by atoms with Gasteiger partial charge < -0.3 is 14.5 Å². The number of furan rings is 1. The molecule has 1 N–H and O–H groups in total. The van der Waals surface area contributed by atoms with Crippen molar-refractivity contribution in [3.05, 3.63) is 23.7 Å². The lowest BCUT2D eigenvalue weighted by Crippen LogP contribution is -2.47. The van der Waals surface area contributed by atoms with Crippen LogP contribution >= 0.6 is 0 Å². The molecule has 2 aliphatic rings. The first-order valence-corrected chi connectivity index (χ1v) is 7.90. The van der Waals surface area contributed by atoms with Gasteiger partial charge in [0.05, 0.1) is 25.5 Å². The van der Waals surface area contributed by atoms with Crippen molar-refractivity contribution in [1.29, 1.82) is 0 Å². The van der Waals surface area contributed by atoms with E-state index in [-0.39, 0.29) is 0 Å². The van der Waals surface area contributed by atoms with Gasteiger partial charge in [0.15, 0.2) is 0 Å². The third kappa shape index (κ3) is 3.62. The lowest BCUT2D eigenvalue weighted by Gasteiger charge is -2.37. The summed E-state index contributed by atoms with van der Waals surface area (Å²) < 4.78 is 11.5. The number of ether oxygens (including phenoxy) is 1. The van der Waals surface area contributed by atoms with Crippen LogP contribution in [0.15, 0.2) is 16.7 Å². The highest BCUT2D eigenvalue weighted by Crippen LogP contribution is 2.21. The molecule has 0 amide bonds. The molecule has 1 aliphatic carbocycles. The minimum absolute atomic E-state index is 0.323. The van der Waals surface area contributed by atoms with Gasteiger partial charge in [-0.3, -0.25) is 4.90 Å². The average Bonchev–Trinajstić information content (AvgIpc) is 3.17. The molecule has 1 aromatic rings. The van der Waals surface area contributed by atoms with Crippen LogP contribution in [0.4, 0.5) is 0 Å². The zero-order valence-corrected chi connectivity index (χ0v) is 12.6. The van der Waals surface area contributed by atoms with Crippen molar-refractivity contribution in [3.63, 3.8) is 0 Å². The molecule has 2 heterocycles. The number of morpholine rings is 1. The Bertz CT molecular complexity index is 428. The van der Waals surface area contributed by atoms with Crippen LogP contribution in [0.25, 0.3) is 0 Å². The Kier molecular flexibility index (Phi) is 4.44. The minimum Gasteiger partial charge on any atom is -0.468 e. The maximum Gasteiger partial charge on any atom is 0.118 e. The third-order valence-electron chi connectivity index (χ3n) is 4.29. The number of nitrogens with zero attached hydrogens (tertiary/aromatic N) is 1. The third-order valence-corrected chi connectivity index (χ3v) is 4.29. The summed E-state index contributed by atoms with van der Waals surface area (Å²) in [6.45, 7) is 8.04. The van der Waals surface area contributed by atoms with Gasteiger partial charge in [0, 0.05) is 30.7 Å². The van der Waals surface area contributed by atoms with Gasteiger partial charge in [-0.15, -0.1) is 0 Å². The topological polar surface area (TPSA) is 37.6 Å². The molecule has 1 aliphatic heterocycles. The van der Waals surface area contributed by atoms with Crippen molar-refractivity contribution < 1.29 is 9.15 Å². The van der Waals surface area contributed by atoms with Gasteiger partial charge in [0.25, 0.3) is 0 Å². The Labute approximate surface area is 121 Å². The van der Waals surface area contributed by atoms with Gasteiger partial charge in [0.2, 0.25) is 0 Å². The largest absolute Gasteiger partial charge is 0.468 e. The second-order valence-corrected chi connectivity index (χ2v) is 6.21. The maximum absolute atomic E-state index is 5.74. The summed E-state index contributed by atoms with van der Waals surface area (Å²) in [4.78, 5) is 2.49. The molecule has 2 atom stereocenters. The highest BCUT2D eigenvalue weighted by atomic mass is 16.5. The number of rotatable bonds is 6. The van der Waals surface area contributed by atoms with Gasteiger partial charge in [-0.2, -0.15) is 0 Å². The normalized spacial score (nSPS) is 27.9. The molecule has 1 aromatic heterocycles. The predicted molar refractivity (Wildman–Crippen MR) is 78.5 cm³/mol. The van der Waals surface area contributed by atoms with Crippen LogP contribution in [0, 0.1) is 0 Å². The lowest BCUT2D eigenvalue weighted by atomic mass is 10.1. The predicted octanol–water partition coefficient (Wildman–Crippen LogP) is 2.53. The molecule has 0 aromatic carbocycles. The molecule has 1 saturated carbocycles. The van der Waals surface area contributed by atoms with Gasteiger partial charge in [0.1, 0.15) is 5.76 Å². The molecule has 1 saturated heterocycles. The Morgan fingerprint density at radius 1 is 1.40 bits per heavy atom. The summed E-state index contributed by atoms with van der Waals surface area (Å²) in [6, 6.07) is 3.46. The monoisotopic (exact) mass is 278 g/mol. The van der Waals surface area contributed by atoms with E-state index in [1.54, 1.807) is 0 Å². The van der Waals surface area contributed by atoms with E-state index in [2.05, 4.69) is 30.1 Å². The molecule has 3 rings (SSSR count). The Hall–Kier alpha value is -0.840. The molecule has 20 heavy (non-hydrogen) atoms. The van der Waals surface area contributed by atoms with Gasteiger partial charge in [-0.25, -0.2) is 0 Å². The SMILES string of the molecule is CCC1COC(C)CN1Cc1cc(CNC2CC2)co1. The van der Waals surface area contributed by atoms with Crippen LogP contribution in [-0.2, 0) is 17.8 Å². The molecule has 4 heteroatoms. The van der Waals surface area contributed by atoms with Crippen LogP contribution in [0.3, 0.4) is 0 Å². The Morgan fingerprint density at radius 3 is 3.00 bits per heavy atom. The molecule has 0 radical (unpaired) electrons. The van der Waals surface area contributed by atoms with E-state index >= 15 is 0 Å². The van der Waals surface area contributed by atoms with E-state index in [4.69, 9.17) is 9.15 Å². The quantitative estimate of drug-likeness (QED) is 0.867. The van der Waals surface area contributed by atoms with Crippen LogP contribution in [-0.4, -0.2) is 36.2 Å². The van der Waals surface area contributed by atoms with E-state index in [9.17, 15) is 0 Å². The molecule has 0 bridgehead atoms. The fraction of sp³-hybridized carbons (Fsp3) is 0.750. The van der Waals surface area contributed by atoms with Gasteiger partial charge in [-0.1, -0.05) is 6.92 Å². The van der Waals surface area contributed by atoms with Crippen LogP contribution in [0.1, 0.15) is 44.4 Å². The van der Waals surface area contributed by atoms with Crippen molar-refractivity contribution in [3.8, 4) is 0 Å². The highest BCUT2D eigenvalue weighted by molar-refractivity contribution is 5.13. The van der Waals surface area contributed by atoms with Crippen LogP contribution in [0.5, 0.6) is 0 Å². The Morgan fingerprint density at radius 2 is 2.25 bits per heavy atom. The van der Waals surface area contributed by atoms with Gasteiger partial charge >= 0.3 is 0 Å². The molecule has 4 nitrogen and oxygen atoms in total. The summed E-state index contributed by atoms with van der Waals surface area (Å²) in [5.41, 5.74) is 1.27. The first-order valence-electron chi connectivity index (χ1n) is 7.90. The smallest absolute Gasteiger partial charge is 0.118 e. The second-order valence-electron chi connectivity index (χ2n) is 6.21. The van der Waals surface area contributed by atoms with Gasteiger partial charge in [-0.05, 0) is 32.3 Å². The first kappa shape index (κ1) is 14.1. The fourth-order valence-electron chi connectivity index (χ4n) is 2.83. The molecular formula is C16H26N2O2. The first-order chi connectivity index (χ1) is 9.74. The summed E-state index contributed by atoms with van der Waals surface area (Å²) in [6.07, 6.45) is 6.01. The molecule has 0 spiro atoms. The maximum atomic E-state index is 5.74. The van der Waals surface area contributed by atoms with Crippen molar-refractivity contribution >= 4 is 0 Å². The van der Waals surface area contributed by atoms with Crippen molar-refractivity contribution in [2.45, 2.75) is 64.4 Å². The molecular weight excluding hydrogens is 252 g/mol. The van der Waals surface area contributed by atoms with Crippen LogP contribution in [0.2, 0.25) is 0 Å². The van der Waals surface area contributed by atoms with E-state index in [1.165, 1.54) is 18.4 Å². The molecule has 2 fully saturated rings. The summed E-state index contributed by atoms with van der Waals surface area (Å²) in [7, 11) is 0. The zero-order chi connectivity index (χ0) is 13.9. The summed E-state index contributed by atoms with van der Waals surface area (Å²) >= 11 is 0. The second kappa shape index (κ2) is 6.29. The van der Waals surface area contributed by atoms with E-state index in [0.717, 1.165) is 44.5 Å². The average molecular weight is 278 g/mol. The molecule has 2 unspecified atom stereocenters. The number of hydrogen-bond donors (Lipinski definition) is 1. The van der Waals surface area contributed by atoms with E-state index < -0.39 is 0 Å². The van der Waals surface area contributed by atoms with Crippen molar-refractivity contribution in [1.82, 2.24) is 10.2 Å². The van der Waals surface area contributed by atoms with E-state index in [0.29, 0.717) is 12.1 Å². The van der Waals surface area contributed by atoms with Crippen molar-refractivity contribution in [2.75, 3.05) is 13.2 Å². The highest BCUT2D eigenvalue weighted by Gasteiger charge is 2.26. The Balaban J connectivity index is 1.55.